The first-order chi connectivity index (χ1) is 11.0. The highest BCUT2D eigenvalue weighted by Crippen LogP contribution is 2.15. The Bertz CT molecular complexity index is 604. The van der Waals surface area contributed by atoms with Gasteiger partial charge in [0.2, 0.25) is 10.0 Å². The summed E-state index contributed by atoms with van der Waals surface area (Å²) in [5.74, 6) is 0.389. The van der Waals surface area contributed by atoms with Crippen LogP contribution in [0.2, 0.25) is 0 Å². The Hall–Kier alpha value is -1.60. The lowest BCUT2D eigenvalue weighted by Gasteiger charge is -2.30. The van der Waals surface area contributed by atoms with Crippen molar-refractivity contribution in [2.75, 3.05) is 25.4 Å². The Morgan fingerprint density at radius 1 is 1.30 bits per heavy atom. The minimum Gasteiger partial charge on any atom is -0.337 e. The number of piperidine rings is 1. The molecule has 0 aromatic heterocycles. The standard InChI is InChI=1S/C16H25N3O3S/c1-14-6-5-10-19(13-14)16(20)17-9-11-23(21,22)18-12-15-7-3-2-4-8-15/h2-4,7-8,14,18H,5-6,9-13H2,1H3,(H,17,20)/t14-/m0/s1. The average Bonchev–Trinajstić information content (AvgIpc) is 2.54. The Morgan fingerprint density at radius 2 is 2.04 bits per heavy atom. The molecule has 1 heterocycles. The van der Waals surface area contributed by atoms with E-state index >= 15 is 0 Å². The second kappa shape index (κ2) is 8.31. The van der Waals surface area contributed by atoms with Crippen LogP contribution in [0.3, 0.4) is 0 Å². The van der Waals surface area contributed by atoms with E-state index in [0.29, 0.717) is 5.92 Å². The first-order valence-electron chi connectivity index (χ1n) is 8.00. The molecule has 128 valence electrons. The number of carbonyl (C=O) groups is 1. The molecule has 2 N–H and O–H groups in total. The Labute approximate surface area is 138 Å². The van der Waals surface area contributed by atoms with Crippen molar-refractivity contribution in [3.63, 3.8) is 0 Å². The second-order valence-electron chi connectivity index (χ2n) is 6.05. The number of benzene rings is 1. The van der Waals surface area contributed by atoms with Crippen molar-refractivity contribution in [3.05, 3.63) is 35.9 Å². The highest BCUT2D eigenvalue weighted by Gasteiger charge is 2.21. The van der Waals surface area contributed by atoms with Gasteiger partial charge in [-0.1, -0.05) is 37.3 Å². The summed E-state index contributed by atoms with van der Waals surface area (Å²) in [6.07, 6.45) is 2.15. The molecule has 2 amide bonds. The molecule has 1 fully saturated rings. The fraction of sp³-hybridized carbons (Fsp3) is 0.562. The zero-order valence-electron chi connectivity index (χ0n) is 13.5. The summed E-state index contributed by atoms with van der Waals surface area (Å²) >= 11 is 0. The predicted molar refractivity (Wildman–Crippen MR) is 90.4 cm³/mol. The fourth-order valence-corrected chi connectivity index (χ4v) is 3.54. The molecule has 1 aromatic rings. The molecule has 0 unspecified atom stereocenters. The van der Waals surface area contributed by atoms with Gasteiger partial charge in [0.25, 0.3) is 0 Å². The number of rotatable bonds is 6. The maximum absolute atomic E-state index is 12.0. The van der Waals surface area contributed by atoms with Crippen molar-refractivity contribution in [2.24, 2.45) is 5.92 Å². The third-order valence-corrected chi connectivity index (χ3v) is 5.26. The molecule has 0 spiro atoms. The van der Waals surface area contributed by atoms with Gasteiger partial charge in [-0.25, -0.2) is 17.9 Å². The summed E-state index contributed by atoms with van der Waals surface area (Å²) in [4.78, 5) is 13.8. The minimum absolute atomic E-state index is 0.116. The van der Waals surface area contributed by atoms with E-state index in [-0.39, 0.29) is 24.9 Å². The number of sulfonamides is 1. The molecule has 0 aliphatic carbocycles. The number of amides is 2. The van der Waals surface area contributed by atoms with Gasteiger partial charge in [-0.05, 0) is 24.3 Å². The van der Waals surface area contributed by atoms with Crippen molar-refractivity contribution in [1.29, 1.82) is 0 Å². The molecule has 1 atom stereocenters. The smallest absolute Gasteiger partial charge is 0.317 e. The topological polar surface area (TPSA) is 78.5 Å². The van der Waals surface area contributed by atoms with E-state index in [1.54, 1.807) is 4.90 Å². The number of nitrogens with zero attached hydrogens (tertiary/aromatic N) is 1. The van der Waals surface area contributed by atoms with E-state index in [9.17, 15) is 13.2 Å². The second-order valence-corrected chi connectivity index (χ2v) is 7.98. The van der Waals surface area contributed by atoms with Gasteiger partial charge in [0.15, 0.2) is 0 Å². The van der Waals surface area contributed by atoms with E-state index in [4.69, 9.17) is 0 Å². The van der Waals surface area contributed by atoms with Crippen LogP contribution in [0.4, 0.5) is 4.79 Å². The van der Waals surface area contributed by atoms with Gasteiger partial charge in [0.05, 0.1) is 5.75 Å². The maximum Gasteiger partial charge on any atom is 0.317 e. The molecular weight excluding hydrogens is 314 g/mol. The van der Waals surface area contributed by atoms with E-state index < -0.39 is 10.0 Å². The number of carbonyl (C=O) groups excluding carboxylic acids is 1. The average molecular weight is 339 g/mol. The van der Waals surface area contributed by atoms with Crippen LogP contribution in [0.25, 0.3) is 0 Å². The van der Waals surface area contributed by atoms with Crippen molar-refractivity contribution >= 4 is 16.1 Å². The van der Waals surface area contributed by atoms with Gasteiger partial charge in [0.1, 0.15) is 0 Å². The molecule has 0 saturated carbocycles. The van der Waals surface area contributed by atoms with Crippen LogP contribution in [0.1, 0.15) is 25.3 Å². The van der Waals surface area contributed by atoms with Crippen LogP contribution in [0.5, 0.6) is 0 Å². The lowest BCUT2D eigenvalue weighted by molar-refractivity contribution is 0.170. The van der Waals surface area contributed by atoms with E-state index in [1.807, 2.05) is 30.3 Å². The summed E-state index contributed by atoms with van der Waals surface area (Å²) in [5, 5.41) is 2.70. The van der Waals surface area contributed by atoms with Gasteiger partial charge >= 0.3 is 6.03 Å². The lowest BCUT2D eigenvalue weighted by Crippen LogP contribution is -2.46. The van der Waals surface area contributed by atoms with Crippen LogP contribution in [-0.4, -0.2) is 44.7 Å². The number of hydrogen-bond donors (Lipinski definition) is 2. The first-order valence-corrected chi connectivity index (χ1v) is 9.65. The molecule has 0 bridgehead atoms. The summed E-state index contributed by atoms with van der Waals surface area (Å²) in [6.45, 7) is 3.99. The van der Waals surface area contributed by atoms with Crippen molar-refractivity contribution in [2.45, 2.75) is 26.3 Å². The molecule has 7 heteroatoms. The van der Waals surface area contributed by atoms with Crippen molar-refractivity contribution in [3.8, 4) is 0 Å². The zero-order valence-corrected chi connectivity index (χ0v) is 14.3. The summed E-state index contributed by atoms with van der Waals surface area (Å²) in [6, 6.07) is 9.17. The molecule has 1 aliphatic heterocycles. The van der Waals surface area contributed by atoms with Crippen molar-refractivity contribution in [1.82, 2.24) is 14.9 Å². The van der Waals surface area contributed by atoms with Gasteiger partial charge in [0, 0.05) is 26.2 Å². The molecule has 0 radical (unpaired) electrons. The van der Waals surface area contributed by atoms with Crippen LogP contribution < -0.4 is 10.0 Å². The molecule has 6 nitrogen and oxygen atoms in total. The largest absolute Gasteiger partial charge is 0.337 e. The van der Waals surface area contributed by atoms with E-state index in [0.717, 1.165) is 31.5 Å². The van der Waals surface area contributed by atoms with Gasteiger partial charge in [-0.2, -0.15) is 0 Å². The third kappa shape index (κ3) is 6.19. The minimum atomic E-state index is -3.40. The maximum atomic E-state index is 12.0. The van der Waals surface area contributed by atoms with Gasteiger partial charge in [-0.15, -0.1) is 0 Å². The zero-order chi connectivity index (χ0) is 16.7. The Morgan fingerprint density at radius 3 is 2.74 bits per heavy atom. The monoisotopic (exact) mass is 339 g/mol. The van der Waals surface area contributed by atoms with Gasteiger partial charge < -0.3 is 10.2 Å². The first kappa shape index (κ1) is 17.7. The van der Waals surface area contributed by atoms with Crippen molar-refractivity contribution < 1.29 is 13.2 Å². The molecule has 1 saturated heterocycles. The van der Waals surface area contributed by atoms with Crippen LogP contribution >= 0.6 is 0 Å². The normalized spacial score (nSPS) is 18.7. The fourth-order valence-electron chi connectivity index (χ4n) is 2.64. The van der Waals surface area contributed by atoms with Gasteiger partial charge in [-0.3, -0.25) is 0 Å². The number of likely N-dealkylation sites (tertiary alicyclic amines) is 1. The highest BCUT2D eigenvalue weighted by atomic mass is 32.2. The molecule has 2 rings (SSSR count). The quantitative estimate of drug-likeness (QED) is 0.825. The summed E-state index contributed by atoms with van der Waals surface area (Å²) in [7, 11) is -3.40. The molecular formula is C16H25N3O3S. The Balaban J connectivity index is 1.70. The van der Waals surface area contributed by atoms with Crippen LogP contribution in [0, 0.1) is 5.92 Å². The van der Waals surface area contributed by atoms with Crippen LogP contribution in [-0.2, 0) is 16.6 Å². The summed E-state index contributed by atoms with van der Waals surface area (Å²) in [5.41, 5.74) is 0.905. The van der Waals surface area contributed by atoms with Crippen LogP contribution in [0.15, 0.2) is 30.3 Å². The molecule has 1 aliphatic rings. The third-order valence-electron chi connectivity index (χ3n) is 3.93. The number of nitrogens with one attached hydrogen (secondary N) is 2. The lowest BCUT2D eigenvalue weighted by atomic mass is 10.0. The molecule has 23 heavy (non-hydrogen) atoms. The number of hydrogen-bond acceptors (Lipinski definition) is 3. The summed E-state index contributed by atoms with van der Waals surface area (Å²) < 4.78 is 26.4. The molecule has 1 aromatic carbocycles. The van der Waals surface area contributed by atoms with E-state index in [2.05, 4.69) is 17.0 Å². The van der Waals surface area contributed by atoms with E-state index in [1.165, 1.54) is 0 Å². The SMILES string of the molecule is C[C@H]1CCCN(C(=O)NCCS(=O)(=O)NCc2ccccc2)C1. The highest BCUT2D eigenvalue weighted by molar-refractivity contribution is 7.89. The number of urea groups is 1. The predicted octanol–water partition coefficient (Wildman–Crippen LogP) is 1.55. The Kier molecular flexibility index (Phi) is 6.41.